The van der Waals surface area contributed by atoms with Gasteiger partial charge in [-0.05, 0) is 13.3 Å². The predicted molar refractivity (Wildman–Crippen MR) is 34.8 cm³/mol. The molecule has 0 aromatic heterocycles. The van der Waals surface area contributed by atoms with Crippen LogP contribution in [0.15, 0.2) is 0 Å². The molecule has 0 aliphatic heterocycles. The molecule has 0 rings (SSSR count). The summed E-state index contributed by atoms with van der Waals surface area (Å²) >= 11 is 0. The van der Waals surface area contributed by atoms with Crippen molar-refractivity contribution in [1.82, 2.24) is 0 Å². The SMILES string of the molecule is [2H]C([2H])([2H])C(CC)(C(C)=O)C([2H])([2H])[2H]. The van der Waals surface area contributed by atoms with Crippen molar-refractivity contribution in [3.05, 3.63) is 0 Å². The fourth-order valence-electron chi connectivity index (χ4n) is 0.249. The van der Waals surface area contributed by atoms with E-state index in [1.807, 2.05) is 0 Å². The first-order valence-electron chi connectivity index (χ1n) is 5.51. The number of carbonyl (C=O) groups excluding carboxylic acids is 1. The minimum Gasteiger partial charge on any atom is -0.299 e. The molecule has 0 radical (unpaired) electrons. The van der Waals surface area contributed by atoms with Gasteiger partial charge in [0, 0.05) is 13.6 Å². The van der Waals surface area contributed by atoms with Gasteiger partial charge in [0.05, 0.1) is 0 Å². The van der Waals surface area contributed by atoms with E-state index < -0.39 is 24.9 Å². The molecule has 0 fully saturated rings. The first-order valence-corrected chi connectivity index (χ1v) is 2.51. The Morgan fingerprint density at radius 1 is 1.75 bits per heavy atom. The lowest BCUT2D eigenvalue weighted by atomic mass is 9.86. The van der Waals surface area contributed by atoms with Gasteiger partial charge in [-0.3, -0.25) is 4.79 Å². The lowest BCUT2D eigenvalue weighted by Gasteiger charge is -2.17. The van der Waals surface area contributed by atoms with E-state index in [2.05, 4.69) is 0 Å². The van der Waals surface area contributed by atoms with E-state index in [0.29, 0.717) is 0 Å². The standard InChI is InChI=1S/C7H14O/c1-5-7(3,4)6(2)8/h5H2,1-4H3/i3D3,4D3. The van der Waals surface area contributed by atoms with E-state index >= 15 is 0 Å². The fourth-order valence-corrected chi connectivity index (χ4v) is 0.249. The number of ketones is 1. The summed E-state index contributed by atoms with van der Waals surface area (Å²) in [6.07, 6.45) is -0.213. The first-order chi connectivity index (χ1) is 6.00. The molecule has 0 amide bonds. The Kier molecular flexibility index (Phi) is 0.609. The molecule has 0 unspecified atom stereocenters. The van der Waals surface area contributed by atoms with Crippen molar-refractivity contribution < 1.29 is 13.0 Å². The van der Waals surface area contributed by atoms with Gasteiger partial charge >= 0.3 is 0 Å². The fraction of sp³-hybridized carbons (Fsp3) is 0.857. The van der Waals surface area contributed by atoms with E-state index in [-0.39, 0.29) is 6.42 Å². The molecule has 8 heavy (non-hydrogen) atoms. The minimum atomic E-state index is -2.79. The maximum atomic E-state index is 11.3. The molecule has 0 heterocycles. The zero-order chi connectivity index (χ0) is 11.8. The molecule has 0 bridgehead atoms. The van der Waals surface area contributed by atoms with Gasteiger partial charge < -0.3 is 0 Å². The molecule has 0 N–H and O–H groups in total. The summed E-state index contributed by atoms with van der Waals surface area (Å²) in [4.78, 5) is 11.3. The highest BCUT2D eigenvalue weighted by molar-refractivity contribution is 5.81. The molecule has 0 spiro atoms. The van der Waals surface area contributed by atoms with Crippen LogP contribution in [0.1, 0.15) is 42.2 Å². The average Bonchev–Trinajstić information content (AvgIpc) is 1.80. The summed E-state index contributed by atoms with van der Waals surface area (Å²) in [5.41, 5.74) is -2.22. The largest absolute Gasteiger partial charge is 0.299 e. The second kappa shape index (κ2) is 2.29. The third-order valence-corrected chi connectivity index (χ3v) is 1.13. The van der Waals surface area contributed by atoms with Crippen molar-refractivity contribution >= 4 is 5.78 Å². The number of Topliss-reactive ketones (excluding diaryl/α,β-unsaturated/α-hetero) is 1. The van der Waals surface area contributed by atoms with Crippen molar-refractivity contribution in [2.75, 3.05) is 0 Å². The number of hydrogen-bond donors (Lipinski definition) is 0. The van der Waals surface area contributed by atoms with Crippen LogP contribution in [0.25, 0.3) is 0 Å². The van der Waals surface area contributed by atoms with Gasteiger partial charge in [0.1, 0.15) is 5.78 Å². The third kappa shape index (κ3) is 1.65. The van der Waals surface area contributed by atoms with E-state index in [4.69, 9.17) is 8.22 Å². The molecule has 0 atom stereocenters. The smallest absolute Gasteiger partial charge is 0.135 e. The van der Waals surface area contributed by atoms with Gasteiger partial charge in [-0.1, -0.05) is 20.6 Å². The van der Waals surface area contributed by atoms with Crippen LogP contribution in [0, 0.1) is 5.41 Å². The van der Waals surface area contributed by atoms with Crippen LogP contribution in [0.4, 0.5) is 0 Å². The molecule has 0 aromatic rings. The number of hydrogen-bond acceptors (Lipinski definition) is 1. The van der Waals surface area contributed by atoms with Crippen LogP contribution in [-0.4, -0.2) is 5.78 Å². The summed E-state index contributed by atoms with van der Waals surface area (Å²) < 4.78 is 43.1. The Morgan fingerprint density at radius 2 is 2.25 bits per heavy atom. The monoisotopic (exact) mass is 120 g/mol. The van der Waals surface area contributed by atoms with Crippen LogP contribution in [0.5, 0.6) is 0 Å². The zero-order valence-corrected chi connectivity index (χ0v) is 5.12. The van der Waals surface area contributed by atoms with Gasteiger partial charge in [0.25, 0.3) is 0 Å². The van der Waals surface area contributed by atoms with Gasteiger partial charge in [-0.15, -0.1) is 0 Å². The van der Waals surface area contributed by atoms with E-state index in [0.717, 1.165) is 6.92 Å². The van der Waals surface area contributed by atoms with Gasteiger partial charge in [-0.25, -0.2) is 0 Å². The molecule has 0 aromatic carbocycles. The second-order valence-electron chi connectivity index (χ2n) is 1.82. The highest BCUT2D eigenvalue weighted by Gasteiger charge is 2.19. The highest BCUT2D eigenvalue weighted by atomic mass is 16.1. The second-order valence-corrected chi connectivity index (χ2v) is 1.82. The third-order valence-electron chi connectivity index (χ3n) is 1.13. The minimum absolute atomic E-state index is 0.213. The molecule has 0 saturated heterocycles. The molecule has 1 heteroatoms. The summed E-state index contributed by atoms with van der Waals surface area (Å²) in [5.74, 6) is -0.806. The predicted octanol–water partition coefficient (Wildman–Crippen LogP) is 2.01. The van der Waals surface area contributed by atoms with Gasteiger partial charge in [-0.2, -0.15) is 0 Å². The van der Waals surface area contributed by atoms with Crippen LogP contribution >= 0.6 is 0 Å². The Bertz CT molecular complexity index is 211. The number of carbonyl (C=O) groups is 1. The highest BCUT2D eigenvalue weighted by Crippen LogP contribution is 2.19. The molecule has 1 nitrogen and oxygen atoms in total. The van der Waals surface area contributed by atoms with Crippen molar-refractivity contribution in [3.8, 4) is 0 Å². The Morgan fingerprint density at radius 3 is 2.25 bits per heavy atom. The Hall–Kier alpha value is -0.330. The quantitative estimate of drug-likeness (QED) is 0.545. The van der Waals surface area contributed by atoms with E-state index in [1.165, 1.54) is 6.92 Å². The summed E-state index contributed by atoms with van der Waals surface area (Å²) in [6.45, 7) is -3.17. The Labute approximate surface area is 59.5 Å². The van der Waals surface area contributed by atoms with Crippen molar-refractivity contribution in [2.24, 2.45) is 5.41 Å². The zero-order valence-electron chi connectivity index (χ0n) is 11.1. The molecule has 0 saturated carbocycles. The van der Waals surface area contributed by atoms with Crippen LogP contribution in [0.2, 0.25) is 0 Å². The maximum Gasteiger partial charge on any atom is 0.135 e. The van der Waals surface area contributed by atoms with Crippen LogP contribution in [0.3, 0.4) is 0 Å². The van der Waals surface area contributed by atoms with Crippen LogP contribution in [-0.2, 0) is 4.79 Å². The molecule has 0 aliphatic carbocycles. The lowest BCUT2D eigenvalue weighted by Crippen LogP contribution is -2.19. The van der Waals surface area contributed by atoms with Crippen molar-refractivity contribution in [3.63, 3.8) is 0 Å². The summed E-state index contributed by atoms with van der Waals surface area (Å²) in [5, 5.41) is 0. The lowest BCUT2D eigenvalue weighted by molar-refractivity contribution is -0.124. The van der Waals surface area contributed by atoms with Crippen molar-refractivity contribution in [2.45, 2.75) is 34.0 Å². The average molecular weight is 120 g/mol. The normalized spacial score (nSPS) is 25.8. The Balaban J connectivity index is 5.58. The maximum absolute atomic E-state index is 11.3. The van der Waals surface area contributed by atoms with Gasteiger partial charge in [0.15, 0.2) is 0 Å². The topological polar surface area (TPSA) is 17.1 Å². The number of rotatable bonds is 2. The molecule has 0 aliphatic rings. The first kappa shape index (κ1) is 2.13. The molecule has 48 valence electrons. The van der Waals surface area contributed by atoms with Crippen molar-refractivity contribution in [1.29, 1.82) is 0 Å². The van der Waals surface area contributed by atoms with Crippen LogP contribution < -0.4 is 0 Å². The molecular formula is C7H14O. The molecular weight excluding hydrogens is 100 g/mol. The summed E-state index contributed by atoms with van der Waals surface area (Å²) in [6, 6.07) is 0. The summed E-state index contributed by atoms with van der Waals surface area (Å²) in [7, 11) is 0. The van der Waals surface area contributed by atoms with Gasteiger partial charge in [0.2, 0.25) is 0 Å². The van der Waals surface area contributed by atoms with E-state index in [1.54, 1.807) is 0 Å². The van der Waals surface area contributed by atoms with E-state index in [9.17, 15) is 4.79 Å².